The molecule has 0 aliphatic carbocycles. The van der Waals surface area contributed by atoms with Crippen molar-refractivity contribution in [1.29, 1.82) is 0 Å². The zero-order valence-corrected chi connectivity index (χ0v) is 32.1. The summed E-state index contributed by atoms with van der Waals surface area (Å²) in [4.78, 5) is 14.5. The molecule has 0 saturated carbocycles. The summed E-state index contributed by atoms with van der Waals surface area (Å²) >= 11 is 0. The lowest BCUT2D eigenvalue weighted by molar-refractivity contribution is -0.137. The van der Waals surface area contributed by atoms with Crippen LogP contribution in [0.1, 0.15) is 5.56 Å². The molecule has 6 nitrogen and oxygen atoms in total. The van der Waals surface area contributed by atoms with Crippen LogP contribution in [0.2, 0.25) is 0 Å². The highest BCUT2D eigenvalue weighted by Crippen LogP contribution is 2.49. The first-order valence-electron chi connectivity index (χ1n) is 19.9. The molecule has 8 aromatic carbocycles. The number of fused-ring (bicyclic) bond motifs is 10. The third-order valence-corrected chi connectivity index (χ3v) is 11.6. The zero-order valence-electron chi connectivity index (χ0n) is 32.1. The fourth-order valence-corrected chi connectivity index (χ4v) is 9.02. The van der Waals surface area contributed by atoms with E-state index in [2.05, 4.69) is 28.8 Å². The highest BCUT2D eigenvalue weighted by molar-refractivity contribution is 6.27. The van der Waals surface area contributed by atoms with Gasteiger partial charge in [0, 0.05) is 43.7 Å². The largest absolute Gasteiger partial charge is 0.455 e. The van der Waals surface area contributed by atoms with Gasteiger partial charge in [0.1, 0.15) is 11.2 Å². The Balaban J connectivity index is 1.24. The Bertz CT molecular complexity index is 3630. The first kappa shape index (κ1) is 35.0. The zero-order chi connectivity index (χ0) is 40.8. The summed E-state index contributed by atoms with van der Waals surface area (Å²) in [5.74, 6) is 0.711. The van der Waals surface area contributed by atoms with Crippen LogP contribution >= 0.6 is 0 Å². The number of rotatable bonds is 5. The minimum absolute atomic E-state index is 0.0373. The topological polar surface area (TPSA) is 61.7 Å². The van der Waals surface area contributed by atoms with E-state index in [-0.39, 0.29) is 22.7 Å². The Morgan fingerprint density at radius 3 is 1.64 bits per heavy atom. The number of hydrogen-bond donors (Lipinski definition) is 0. The molecule has 0 bridgehead atoms. The Hall–Kier alpha value is -8.04. The van der Waals surface area contributed by atoms with E-state index in [0.29, 0.717) is 50.2 Å². The molecule has 9 heteroatoms. The molecule has 0 amide bonds. The van der Waals surface area contributed by atoms with Crippen LogP contribution in [0.15, 0.2) is 186 Å². The van der Waals surface area contributed by atoms with E-state index in [1.807, 2.05) is 146 Å². The van der Waals surface area contributed by atoms with Crippen molar-refractivity contribution in [1.82, 2.24) is 24.1 Å². The van der Waals surface area contributed by atoms with Crippen molar-refractivity contribution in [3.63, 3.8) is 0 Å². The lowest BCUT2D eigenvalue weighted by Gasteiger charge is -2.19. The van der Waals surface area contributed by atoms with Gasteiger partial charge in [-0.15, -0.1) is 0 Å². The standard InChI is InChI=1S/C52H30F3N5O/c53-52(54,55)39-30-38(51-57-49(31-16-4-1-5-17-31)56-50(58-51)32-18-6-2-7-19-32)48-45(37-24-12-15-27-43(37)61-48)47(39)60-41-26-14-11-23-36(41)44-42(60)29-28-35-34-22-10-13-25-40(34)59(46(35)44)33-20-8-3-9-21-33/h1-30H. The van der Waals surface area contributed by atoms with Gasteiger partial charge in [-0.05, 0) is 42.5 Å². The SMILES string of the molecule is FC(F)(F)c1cc(-c2nc(-c3ccccc3)nc(-c3ccccc3)n2)c2oc3ccccc3c2c1-n1c2ccccc2c2c1ccc1c3ccccc3n(-c3ccccc3)c12. The van der Waals surface area contributed by atoms with Crippen molar-refractivity contribution >= 4 is 65.6 Å². The summed E-state index contributed by atoms with van der Waals surface area (Å²) in [5.41, 5.74) is 5.38. The molecule has 4 aromatic heterocycles. The average Bonchev–Trinajstić information content (AvgIpc) is 3.97. The average molecular weight is 798 g/mol. The van der Waals surface area contributed by atoms with Crippen LogP contribution in [0.5, 0.6) is 0 Å². The van der Waals surface area contributed by atoms with Gasteiger partial charge in [-0.3, -0.25) is 0 Å². The van der Waals surface area contributed by atoms with Crippen molar-refractivity contribution in [3.05, 3.63) is 188 Å². The van der Waals surface area contributed by atoms with Gasteiger partial charge >= 0.3 is 6.18 Å². The molecule has 0 radical (unpaired) electrons. The van der Waals surface area contributed by atoms with Crippen molar-refractivity contribution in [2.45, 2.75) is 6.18 Å². The van der Waals surface area contributed by atoms with Gasteiger partial charge in [-0.25, -0.2) is 15.0 Å². The number of nitrogens with zero attached hydrogens (tertiary/aromatic N) is 5. The number of alkyl halides is 3. The Labute approximate surface area is 345 Å². The number of aromatic nitrogens is 5. The maximum atomic E-state index is 16.2. The third kappa shape index (κ3) is 5.33. The second-order valence-electron chi connectivity index (χ2n) is 15.1. The summed E-state index contributed by atoms with van der Waals surface area (Å²) in [6, 6.07) is 57.0. The van der Waals surface area contributed by atoms with Gasteiger partial charge in [0.25, 0.3) is 0 Å². The van der Waals surface area contributed by atoms with Gasteiger partial charge in [0.15, 0.2) is 17.5 Å². The van der Waals surface area contributed by atoms with Crippen molar-refractivity contribution in [2.24, 2.45) is 0 Å². The van der Waals surface area contributed by atoms with Crippen LogP contribution in [0.4, 0.5) is 13.2 Å². The molecule has 290 valence electrons. The number of furan rings is 1. The van der Waals surface area contributed by atoms with Crippen LogP contribution in [0, 0.1) is 0 Å². The number of halogens is 3. The second-order valence-corrected chi connectivity index (χ2v) is 15.1. The van der Waals surface area contributed by atoms with Crippen LogP contribution in [-0.2, 0) is 6.18 Å². The highest BCUT2D eigenvalue weighted by atomic mass is 19.4. The number of para-hydroxylation sites is 4. The first-order chi connectivity index (χ1) is 29.9. The molecule has 4 heterocycles. The molecule has 12 rings (SSSR count). The first-order valence-corrected chi connectivity index (χ1v) is 19.9. The fraction of sp³-hybridized carbons (Fsp3) is 0.0192. The quantitative estimate of drug-likeness (QED) is 0.174. The van der Waals surface area contributed by atoms with Crippen LogP contribution in [-0.4, -0.2) is 24.1 Å². The van der Waals surface area contributed by atoms with Crippen LogP contribution in [0.3, 0.4) is 0 Å². The summed E-state index contributed by atoms with van der Waals surface area (Å²) in [6.07, 6.45) is -4.82. The molecule has 12 aromatic rings. The highest BCUT2D eigenvalue weighted by Gasteiger charge is 2.39. The third-order valence-electron chi connectivity index (χ3n) is 11.6. The molecule has 61 heavy (non-hydrogen) atoms. The van der Waals surface area contributed by atoms with Gasteiger partial charge < -0.3 is 13.6 Å². The molecule has 0 saturated heterocycles. The number of hydrogen-bond acceptors (Lipinski definition) is 4. The molecule has 0 atom stereocenters. The summed E-state index contributed by atoms with van der Waals surface area (Å²) < 4.78 is 59.4. The van der Waals surface area contributed by atoms with Gasteiger partial charge in [0.05, 0.1) is 44.3 Å². The minimum atomic E-state index is -4.82. The van der Waals surface area contributed by atoms with Gasteiger partial charge in [0.2, 0.25) is 0 Å². The van der Waals surface area contributed by atoms with Crippen molar-refractivity contribution in [3.8, 4) is 45.5 Å². The van der Waals surface area contributed by atoms with E-state index >= 15 is 13.2 Å². The van der Waals surface area contributed by atoms with Gasteiger partial charge in [-0.1, -0.05) is 140 Å². The minimum Gasteiger partial charge on any atom is -0.455 e. The van der Waals surface area contributed by atoms with Crippen molar-refractivity contribution < 1.29 is 17.6 Å². The van der Waals surface area contributed by atoms with E-state index in [4.69, 9.17) is 19.4 Å². The lowest BCUT2D eigenvalue weighted by atomic mass is 9.99. The van der Waals surface area contributed by atoms with E-state index in [1.54, 1.807) is 10.6 Å². The lowest BCUT2D eigenvalue weighted by Crippen LogP contribution is -2.12. The monoisotopic (exact) mass is 797 g/mol. The Kier molecular flexibility index (Phi) is 7.59. The molecule has 0 N–H and O–H groups in total. The van der Waals surface area contributed by atoms with Crippen molar-refractivity contribution in [2.75, 3.05) is 0 Å². The molecular weight excluding hydrogens is 768 g/mol. The molecular formula is C52H30F3N5O. The maximum Gasteiger partial charge on any atom is 0.418 e. The maximum absolute atomic E-state index is 16.2. The Morgan fingerprint density at radius 2 is 0.984 bits per heavy atom. The van der Waals surface area contributed by atoms with E-state index < -0.39 is 11.7 Å². The Morgan fingerprint density at radius 1 is 0.443 bits per heavy atom. The fourth-order valence-electron chi connectivity index (χ4n) is 9.02. The van der Waals surface area contributed by atoms with Crippen LogP contribution in [0.25, 0.3) is 111 Å². The second kappa shape index (κ2) is 13.2. The summed E-state index contributed by atoms with van der Waals surface area (Å²) in [7, 11) is 0. The van der Waals surface area contributed by atoms with Gasteiger partial charge in [-0.2, -0.15) is 13.2 Å². The summed E-state index contributed by atoms with van der Waals surface area (Å²) in [6.45, 7) is 0. The smallest absolute Gasteiger partial charge is 0.418 e. The molecule has 0 aliphatic heterocycles. The molecule has 0 spiro atoms. The summed E-state index contributed by atoms with van der Waals surface area (Å²) in [5, 5.41) is 4.53. The normalized spacial score (nSPS) is 12.2. The predicted molar refractivity (Wildman–Crippen MR) is 237 cm³/mol. The molecule has 0 unspecified atom stereocenters. The number of benzene rings is 8. The van der Waals surface area contributed by atoms with Crippen LogP contribution < -0.4 is 0 Å². The van der Waals surface area contributed by atoms with E-state index in [0.717, 1.165) is 44.3 Å². The van der Waals surface area contributed by atoms with E-state index in [9.17, 15) is 0 Å². The molecule has 0 aliphatic rings. The predicted octanol–water partition coefficient (Wildman–Crippen LogP) is 14.0. The molecule has 0 fully saturated rings. The van der Waals surface area contributed by atoms with E-state index in [1.165, 1.54) is 0 Å².